The number of hydrogen-bond acceptors (Lipinski definition) is 6. The van der Waals surface area contributed by atoms with Crippen molar-refractivity contribution in [2.75, 3.05) is 46.9 Å². The van der Waals surface area contributed by atoms with Crippen molar-refractivity contribution in [1.29, 1.82) is 0 Å². The number of allylic oxidation sites excluding steroid dienone is 1. The fourth-order valence-corrected chi connectivity index (χ4v) is 4.03. The molecule has 6 nitrogen and oxygen atoms in total. The summed E-state index contributed by atoms with van der Waals surface area (Å²) < 4.78 is 28.3. The molecule has 23 heavy (non-hydrogen) atoms. The van der Waals surface area contributed by atoms with Crippen LogP contribution >= 0.6 is 0 Å². The molecular weight excluding hydrogens is 300 g/mol. The number of ether oxygens (including phenoxy) is 5. The minimum Gasteiger partial charge on any atom is -0.382 e. The van der Waals surface area contributed by atoms with Gasteiger partial charge in [0.25, 0.3) is 0 Å². The smallest absolute Gasteiger partial charge is 0.180 e. The van der Waals surface area contributed by atoms with Crippen molar-refractivity contribution in [3.05, 3.63) is 11.6 Å². The molecule has 130 valence electrons. The molecule has 1 saturated carbocycles. The predicted molar refractivity (Wildman–Crippen MR) is 81.9 cm³/mol. The first-order chi connectivity index (χ1) is 11.2. The lowest BCUT2D eigenvalue weighted by Gasteiger charge is -2.52. The molecule has 1 aliphatic heterocycles. The molecule has 0 N–H and O–H groups in total. The molecule has 0 aromatic rings. The van der Waals surface area contributed by atoms with Gasteiger partial charge in [-0.15, -0.1) is 0 Å². The summed E-state index contributed by atoms with van der Waals surface area (Å²) >= 11 is 0. The lowest BCUT2D eigenvalue weighted by molar-refractivity contribution is -0.260. The number of hydrogen-bond donors (Lipinski definition) is 0. The van der Waals surface area contributed by atoms with Crippen molar-refractivity contribution < 1.29 is 28.5 Å². The molecular formula is C17H26O6. The molecule has 1 spiro atoms. The molecule has 0 unspecified atom stereocenters. The van der Waals surface area contributed by atoms with Gasteiger partial charge in [-0.2, -0.15) is 0 Å². The quantitative estimate of drug-likeness (QED) is 0.525. The van der Waals surface area contributed by atoms with Crippen LogP contribution in [0.2, 0.25) is 0 Å². The number of methoxy groups -OCH3 is 1. The van der Waals surface area contributed by atoms with Crippen LogP contribution in [0.15, 0.2) is 11.6 Å². The highest BCUT2D eigenvalue weighted by Gasteiger charge is 2.60. The van der Waals surface area contributed by atoms with Gasteiger partial charge in [-0.1, -0.05) is 5.57 Å². The van der Waals surface area contributed by atoms with Gasteiger partial charge >= 0.3 is 0 Å². The zero-order valence-electron chi connectivity index (χ0n) is 13.8. The van der Waals surface area contributed by atoms with Crippen molar-refractivity contribution in [2.24, 2.45) is 5.41 Å². The number of carbonyl (C=O) groups is 1. The van der Waals surface area contributed by atoms with Crippen LogP contribution in [-0.2, 0) is 28.5 Å². The van der Waals surface area contributed by atoms with E-state index in [1.807, 2.05) is 0 Å². The van der Waals surface area contributed by atoms with Gasteiger partial charge in [0.15, 0.2) is 11.6 Å². The van der Waals surface area contributed by atoms with E-state index >= 15 is 0 Å². The first-order valence-corrected chi connectivity index (χ1v) is 8.39. The van der Waals surface area contributed by atoms with Gasteiger partial charge in [0.1, 0.15) is 6.79 Å². The Morgan fingerprint density at radius 2 is 1.96 bits per heavy atom. The van der Waals surface area contributed by atoms with Gasteiger partial charge < -0.3 is 23.7 Å². The maximum Gasteiger partial charge on any atom is 0.180 e. The van der Waals surface area contributed by atoms with E-state index in [2.05, 4.69) is 0 Å². The Labute approximate surface area is 137 Å². The molecule has 3 aliphatic rings. The van der Waals surface area contributed by atoms with E-state index in [1.54, 1.807) is 13.2 Å². The summed E-state index contributed by atoms with van der Waals surface area (Å²) in [5.41, 5.74) is 0.763. The molecule has 0 radical (unpaired) electrons. The van der Waals surface area contributed by atoms with E-state index in [-0.39, 0.29) is 18.0 Å². The molecule has 0 aromatic carbocycles. The van der Waals surface area contributed by atoms with Gasteiger partial charge in [0, 0.05) is 20.0 Å². The largest absolute Gasteiger partial charge is 0.382 e. The minimum absolute atomic E-state index is 0.196. The fourth-order valence-electron chi connectivity index (χ4n) is 4.03. The Morgan fingerprint density at radius 3 is 2.74 bits per heavy atom. The zero-order chi connectivity index (χ0) is 16.2. The van der Waals surface area contributed by atoms with Crippen LogP contribution in [0, 0.1) is 5.41 Å². The number of ketones is 1. The molecule has 0 amide bonds. The average Bonchev–Trinajstić information content (AvgIpc) is 3.02. The molecule has 2 fully saturated rings. The zero-order valence-corrected chi connectivity index (χ0v) is 13.8. The topological polar surface area (TPSA) is 63.2 Å². The van der Waals surface area contributed by atoms with Crippen molar-refractivity contribution in [3.63, 3.8) is 0 Å². The third kappa shape index (κ3) is 3.23. The maximum absolute atomic E-state index is 11.9. The number of fused-ring (bicyclic) bond motifs is 2. The van der Waals surface area contributed by atoms with E-state index in [4.69, 9.17) is 23.7 Å². The lowest BCUT2D eigenvalue weighted by atomic mass is 9.61. The second kappa shape index (κ2) is 7.40. The second-order valence-electron chi connectivity index (χ2n) is 6.39. The molecule has 0 bridgehead atoms. The van der Waals surface area contributed by atoms with Gasteiger partial charge in [-0.25, -0.2) is 0 Å². The molecule has 6 heteroatoms. The van der Waals surface area contributed by atoms with E-state index in [0.29, 0.717) is 39.5 Å². The highest BCUT2D eigenvalue weighted by atomic mass is 16.7. The summed E-state index contributed by atoms with van der Waals surface area (Å²) in [4.78, 5) is 11.9. The van der Waals surface area contributed by atoms with Crippen LogP contribution in [0.4, 0.5) is 0 Å². The van der Waals surface area contributed by atoms with Gasteiger partial charge in [-0.05, 0) is 25.3 Å². The summed E-state index contributed by atoms with van der Waals surface area (Å²) in [7, 11) is 1.64. The summed E-state index contributed by atoms with van der Waals surface area (Å²) in [6.07, 6.45) is 5.78. The summed E-state index contributed by atoms with van der Waals surface area (Å²) in [6, 6.07) is 0. The van der Waals surface area contributed by atoms with Crippen molar-refractivity contribution in [2.45, 2.75) is 37.9 Å². The Balaban J connectivity index is 1.72. The van der Waals surface area contributed by atoms with Crippen molar-refractivity contribution in [1.82, 2.24) is 0 Å². The number of rotatable bonds is 7. The van der Waals surface area contributed by atoms with E-state index in [1.165, 1.54) is 0 Å². The van der Waals surface area contributed by atoms with Crippen LogP contribution in [0.25, 0.3) is 0 Å². The Hall–Kier alpha value is -0.790. The Bertz CT molecular complexity index is 454. The summed E-state index contributed by atoms with van der Waals surface area (Å²) in [5, 5.41) is 0. The van der Waals surface area contributed by atoms with E-state index < -0.39 is 5.79 Å². The van der Waals surface area contributed by atoms with Crippen LogP contribution < -0.4 is 0 Å². The van der Waals surface area contributed by atoms with Crippen LogP contribution in [-0.4, -0.2) is 58.5 Å². The fraction of sp³-hybridized carbons (Fsp3) is 0.824. The van der Waals surface area contributed by atoms with Gasteiger partial charge in [-0.3, -0.25) is 4.79 Å². The normalized spacial score (nSPS) is 29.6. The van der Waals surface area contributed by atoms with Crippen molar-refractivity contribution >= 4 is 5.78 Å². The van der Waals surface area contributed by atoms with E-state index in [9.17, 15) is 4.79 Å². The first kappa shape index (κ1) is 17.0. The standard InChI is InChI=1S/C17H26O6/c1-19-7-8-20-13-21-12-16-6-4-15(18)11-14(16)3-2-5-17(16)22-9-10-23-17/h11H,2-10,12-13H2,1H3/t16-/m1/s1. The van der Waals surface area contributed by atoms with Gasteiger partial charge in [0.05, 0.1) is 38.4 Å². The molecule has 3 rings (SSSR count). The molecule has 1 heterocycles. The average molecular weight is 326 g/mol. The highest BCUT2D eigenvalue weighted by Crippen LogP contribution is 2.56. The SMILES string of the molecule is COCCOCOC[C@]12CCC(=O)C=C1CCCC21OCCO1. The highest BCUT2D eigenvalue weighted by molar-refractivity contribution is 5.91. The Morgan fingerprint density at radius 1 is 1.13 bits per heavy atom. The lowest BCUT2D eigenvalue weighted by Crippen LogP contribution is -2.56. The summed E-state index contributed by atoms with van der Waals surface area (Å²) in [5.74, 6) is -0.438. The second-order valence-corrected chi connectivity index (χ2v) is 6.39. The van der Waals surface area contributed by atoms with E-state index in [0.717, 1.165) is 31.3 Å². The third-order valence-electron chi connectivity index (χ3n) is 5.13. The van der Waals surface area contributed by atoms with Crippen LogP contribution in [0.5, 0.6) is 0 Å². The van der Waals surface area contributed by atoms with Crippen molar-refractivity contribution in [3.8, 4) is 0 Å². The molecule has 1 atom stereocenters. The number of carbonyl (C=O) groups excluding carboxylic acids is 1. The minimum atomic E-state index is -0.635. The first-order valence-electron chi connectivity index (χ1n) is 8.39. The molecule has 0 aromatic heterocycles. The monoisotopic (exact) mass is 326 g/mol. The summed E-state index contributed by atoms with van der Waals surface area (Å²) in [6.45, 7) is 2.93. The predicted octanol–water partition coefficient (Wildman–Crippen LogP) is 1.83. The third-order valence-corrected chi connectivity index (χ3v) is 5.13. The Kier molecular flexibility index (Phi) is 5.49. The van der Waals surface area contributed by atoms with Gasteiger partial charge in [0.2, 0.25) is 0 Å². The molecule has 1 saturated heterocycles. The molecule has 2 aliphatic carbocycles. The van der Waals surface area contributed by atoms with Crippen LogP contribution in [0.1, 0.15) is 32.1 Å². The maximum atomic E-state index is 11.9. The van der Waals surface area contributed by atoms with Crippen LogP contribution in [0.3, 0.4) is 0 Å².